The summed E-state index contributed by atoms with van der Waals surface area (Å²) in [4.78, 5) is 15.0. The van der Waals surface area contributed by atoms with Gasteiger partial charge in [-0.05, 0) is 29.4 Å². The molecule has 1 fully saturated rings. The van der Waals surface area contributed by atoms with E-state index in [1.54, 1.807) is 0 Å². The van der Waals surface area contributed by atoms with Crippen LogP contribution in [0.25, 0.3) is 0 Å². The highest BCUT2D eigenvalue weighted by molar-refractivity contribution is 9.09. The average Bonchev–Trinajstić information content (AvgIpc) is 2.78. The highest BCUT2D eigenvalue weighted by atomic mass is 79.9. The summed E-state index contributed by atoms with van der Waals surface area (Å²) in [6.45, 7) is 9.58. The van der Waals surface area contributed by atoms with Crippen molar-refractivity contribution in [2.75, 3.05) is 11.9 Å². The van der Waals surface area contributed by atoms with Gasteiger partial charge in [0.25, 0.3) is 5.91 Å². The molecule has 0 spiro atoms. The van der Waals surface area contributed by atoms with Gasteiger partial charge in [0, 0.05) is 23.5 Å². The Balaban J connectivity index is 2.35. The molecule has 1 aromatic rings. The van der Waals surface area contributed by atoms with E-state index in [-0.39, 0.29) is 11.3 Å². The molecule has 0 aromatic heterocycles. The van der Waals surface area contributed by atoms with Gasteiger partial charge in [0.05, 0.1) is 0 Å². The van der Waals surface area contributed by atoms with Crippen LogP contribution < -0.4 is 0 Å². The third-order valence-corrected chi connectivity index (χ3v) is 4.93. The Kier molecular flexibility index (Phi) is 4.58. The highest BCUT2D eigenvalue weighted by Crippen LogP contribution is 2.31. The molecule has 1 heterocycles. The van der Waals surface area contributed by atoms with E-state index in [2.05, 4.69) is 49.7 Å². The van der Waals surface area contributed by atoms with Crippen molar-refractivity contribution in [1.82, 2.24) is 4.90 Å². The zero-order valence-electron chi connectivity index (χ0n) is 12.8. The molecule has 20 heavy (non-hydrogen) atoms. The lowest BCUT2D eigenvalue weighted by molar-refractivity contribution is 0.0736. The minimum Gasteiger partial charge on any atom is -0.335 e. The van der Waals surface area contributed by atoms with E-state index < -0.39 is 0 Å². The molecule has 0 bridgehead atoms. The van der Waals surface area contributed by atoms with Crippen molar-refractivity contribution >= 4 is 21.8 Å². The molecule has 1 saturated heterocycles. The van der Waals surface area contributed by atoms with Gasteiger partial charge >= 0.3 is 0 Å². The summed E-state index contributed by atoms with van der Waals surface area (Å²) in [7, 11) is 0. The quantitative estimate of drug-likeness (QED) is 0.739. The van der Waals surface area contributed by atoms with Crippen LogP contribution in [0.15, 0.2) is 24.3 Å². The normalized spacial score (nSPS) is 23.1. The number of rotatable bonds is 2. The van der Waals surface area contributed by atoms with E-state index in [1.165, 1.54) is 0 Å². The second-order valence-corrected chi connectivity index (χ2v) is 7.43. The minimum atomic E-state index is -0.0124. The fourth-order valence-electron chi connectivity index (χ4n) is 2.97. The molecule has 1 aromatic carbocycles. The molecule has 3 heteroatoms. The maximum Gasteiger partial charge on any atom is 0.254 e. The molecule has 0 saturated carbocycles. The lowest BCUT2D eigenvalue weighted by Gasteiger charge is -2.29. The van der Waals surface area contributed by atoms with Crippen LogP contribution in [0.3, 0.4) is 0 Å². The number of amides is 1. The van der Waals surface area contributed by atoms with Crippen molar-refractivity contribution < 1.29 is 4.79 Å². The molecule has 2 atom stereocenters. The zero-order valence-corrected chi connectivity index (χ0v) is 14.4. The van der Waals surface area contributed by atoms with Crippen LogP contribution in [0.4, 0.5) is 0 Å². The maximum absolute atomic E-state index is 12.9. The van der Waals surface area contributed by atoms with Crippen LogP contribution in [0.2, 0.25) is 0 Å². The summed E-state index contributed by atoms with van der Waals surface area (Å²) >= 11 is 3.56. The smallest absolute Gasteiger partial charge is 0.254 e. The van der Waals surface area contributed by atoms with Gasteiger partial charge < -0.3 is 4.90 Å². The molecule has 2 rings (SSSR count). The largest absolute Gasteiger partial charge is 0.335 e. The van der Waals surface area contributed by atoms with Gasteiger partial charge in [0.15, 0.2) is 0 Å². The topological polar surface area (TPSA) is 20.3 Å². The van der Waals surface area contributed by atoms with E-state index in [0.29, 0.717) is 12.0 Å². The number of benzene rings is 1. The van der Waals surface area contributed by atoms with E-state index >= 15 is 0 Å². The SMILES string of the molecule is CC1CCN(C(=O)c2ccccc2C(C)(C)C)C1CBr. The van der Waals surface area contributed by atoms with Gasteiger partial charge in [-0.1, -0.05) is 61.8 Å². The Hall–Kier alpha value is -0.830. The fraction of sp³-hybridized carbons (Fsp3) is 0.588. The lowest BCUT2D eigenvalue weighted by atomic mass is 9.83. The van der Waals surface area contributed by atoms with Crippen molar-refractivity contribution in [2.24, 2.45) is 5.92 Å². The second kappa shape index (κ2) is 5.88. The summed E-state index contributed by atoms with van der Waals surface area (Å²) in [6, 6.07) is 8.35. The van der Waals surface area contributed by atoms with Crippen molar-refractivity contribution in [3.8, 4) is 0 Å². The first kappa shape index (κ1) is 15.6. The molecular weight excluding hydrogens is 314 g/mol. The Morgan fingerprint density at radius 3 is 2.60 bits per heavy atom. The molecule has 0 radical (unpaired) electrons. The van der Waals surface area contributed by atoms with E-state index in [9.17, 15) is 4.79 Å². The second-order valence-electron chi connectivity index (χ2n) is 6.78. The van der Waals surface area contributed by atoms with Gasteiger partial charge in [-0.25, -0.2) is 0 Å². The molecule has 0 N–H and O–H groups in total. The highest BCUT2D eigenvalue weighted by Gasteiger charge is 2.35. The molecule has 1 aliphatic rings. The summed E-state index contributed by atoms with van der Waals surface area (Å²) in [6.07, 6.45) is 1.10. The number of alkyl halides is 1. The third-order valence-electron chi connectivity index (χ3n) is 4.27. The average molecular weight is 338 g/mol. The zero-order chi connectivity index (χ0) is 14.9. The molecule has 1 aliphatic heterocycles. The Bertz CT molecular complexity index is 492. The van der Waals surface area contributed by atoms with Crippen LogP contribution in [-0.2, 0) is 5.41 Å². The van der Waals surface area contributed by atoms with Crippen LogP contribution in [0.1, 0.15) is 50.0 Å². The number of likely N-dealkylation sites (tertiary alicyclic amines) is 1. The predicted molar refractivity (Wildman–Crippen MR) is 87.5 cm³/mol. The van der Waals surface area contributed by atoms with Crippen molar-refractivity contribution in [3.05, 3.63) is 35.4 Å². The number of carbonyl (C=O) groups is 1. The van der Waals surface area contributed by atoms with Crippen LogP contribution in [-0.4, -0.2) is 28.7 Å². The maximum atomic E-state index is 12.9. The van der Waals surface area contributed by atoms with Crippen molar-refractivity contribution in [1.29, 1.82) is 0 Å². The first-order valence-electron chi connectivity index (χ1n) is 7.32. The Labute approximate surface area is 130 Å². The van der Waals surface area contributed by atoms with Crippen LogP contribution >= 0.6 is 15.9 Å². The molecule has 110 valence electrons. The van der Waals surface area contributed by atoms with Gasteiger partial charge in [0.2, 0.25) is 0 Å². The summed E-state index contributed by atoms with van der Waals surface area (Å²) in [5.74, 6) is 0.754. The summed E-state index contributed by atoms with van der Waals surface area (Å²) in [5, 5.41) is 0.859. The first-order valence-corrected chi connectivity index (χ1v) is 8.45. The Morgan fingerprint density at radius 1 is 1.35 bits per heavy atom. The number of hydrogen-bond donors (Lipinski definition) is 0. The van der Waals surface area contributed by atoms with Crippen LogP contribution in [0.5, 0.6) is 0 Å². The monoisotopic (exact) mass is 337 g/mol. The van der Waals surface area contributed by atoms with Crippen LogP contribution in [0, 0.1) is 5.92 Å². The minimum absolute atomic E-state index is 0.0124. The standard InChI is InChI=1S/C17H24BrNO/c1-12-9-10-19(15(12)11-18)16(20)13-7-5-6-8-14(13)17(2,3)4/h5-8,12,15H,9-11H2,1-4H3. The number of halogens is 1. The summed E-state index contributed by atoms with van der Waals surface area (Å²) < 4.78 is 0. The summed E-state index contributed by atoms with van der Waals surface area (Å²) in [5.41, 5.74) is 1.99. The molecule has 0 aliphatic carbocycles. The third kappa shape index (κ3) is 2.93. The van der Waals surface area contributed by atoms with Gasteiger partial charge in [0.1, 0.15) is 0 Å². The number of hydrogen-bond acceptors (Lipinski definition) is 1. The Morgan fingerprint density at radius 2 is 2.00 bits per heavy atom. The lowest BCUT2D eigenvalue weighted by Crippen LogP contribution is -2.39. The number of nitrogens with zero attached hydrogens (tertiary/aromatic N) is 1. The molecule has 2 nitrogen and oxygen atoms in total. The van der Waals surface area contributed by atoms with E-state index in [4.69, 9.17) is 0 Å². The van der Waals surface area contributed by atoms with Crippen molar-refractivity contribution in [2.45, 2.75) is 45.6 Å². The van der Waals surface area contributed by atoms with Gasteiger partial charge in [-0.3, -0.25) is 4.79 Å². The van der Waals surface area contributed by atoms with E-state index in [0.717, 1.165) is 29.4 Å². The first-order chi connectivity index (χ1) is 9.36. The number of carbonyl (C=O) groups excluding carboxylic acids is 1. The fourth-order valence-corrected chi connectivity index (χ4v) is 3.96. The van der Waals surface area contributed by atoms with Gasteiger partial charge in [-0.2, -0.15) is 0 Å². The van der Waals surface area contributed by atoms with Gasteiger partial charge in [-0.15, -0.1) is 0 Å². The molecule has 1 amide bonds. The van der Waals surface area contributed by atoms with Crippen molar-refractivity contribution in [3.63, 3.8) is 0 Å². The predicted octanol–water partition coefficient (Wildman–Crippen LogP) is 4.23. The van der Waals surface area contributed by atoms with E-state index in [1.807, 2.05) is 23.1 Å². The molecular formula is C17H24BrNO. The molecule has 2 unspecified atom stereocenters.